The molecule has 0 aliphatic heterocycles. The molecule has 0 saturated heterocycles. The molecule has 0 aliphatic rings. The van der Waals surface area contributed by atoms with Gasteiger partial charge in [0.25, 0.3) is 0 Å². The molecule has 0 aromatic heterocycles. The lowest BCUT2D eigenvalue weighted by Crippen LogP contribution is -2.13. The minimum absolute atomic E-state index is 0.188. The van der Waals surface area contributed by atoms with Gasteiger partial charge in [0.05, 0.1) is 11.9 Å². The van der Waals surface area contributed by atoms with Gasteiger partial charge in [0, 0.05) is 12.1 Å². The Morgan fingerprint density at radius 1 is 1.39 bits per heavy atom. The molecule has 0 saturated carbocycles. The second-order valence-electron chi connectivity index (χ2n) is 3.87. The minimum atomic E-state index is -3.56. The summed E-state index contributed by atoms with van der Waals surface area (Å²) in [5.74, 6) is -0.900. The van der Waals surface area contributed by atoms with Crippen LogP contribution in [-0.4, -0.2) is 20.6 Å². The van der Waals surface area contributed by atoms with Crippen LogP contribution in [0.2, 0.25) is 0 Å². The fraction of sp³-hybridized carbons (Fsp3) is 0.364. The fourth-order valence-corrected chi connectivity index (χ4v) is 1.89. The third-order valence-corrected chi connectivity index (χ3v) is 2.61. The molecule has 0 heterocycles. The first-order valence-corrected chi connectivity index (χ1v) is 7.28. The van der Waals surface area contributed by atoms with Crippen LogP contribution in [0.5, 0.6) is 0 Å². The average molecular weight is 274 g/mol. The van der Waals surface area contributed by atoms with Crippen LogP contribution in [0.3, 0.4) is 0 Å². The summed E-state index contributed by atoms with van der Waals surface area (Å²) in [6.45, 7) is 1.86. The summed E-state index contributed by atoms with van der Waals surface area (Å²) in [7, 11) is -3.56. The quantitative estimate of drug-likeness (QED) is 0.861. The third-order valence-electron chi connectivity index (χ3n) is 2.02. The van der Waals surface area contributed by atoms with Gasteiger partial charge in [-0.1, -0.05) is 6.92 Å². The summed E-state index contributed by atoms with van der Waals surface area (Å²) in [5, 5.41) is 2.56. The highest BCUT2D eigenvalue weighted by atomic mass is 32.2. The Labute approximate surface area is 105 Å². The molecule has 0 bridgehead atoms. The van der Waals surface area contributed by atoms with Gasteiger partial charge in [-0.15, -0.1) is 0 Å². The standard InChI is InChI=1S/C11H15FN2O3S/c1-3-4-11(15)13-8-5-6-9(12)10(7-8)14-18(2,16)17/h5-7,14H,3-4H2,1-2H3,(H,13,15). The number of carbonyl (C=O) groups excluding carboxylic acids is 1. The second kappa shape index (κ2) is 5.81. The van der Waals surface area contributed by atoms with Gasteiger partial charge in [0.2, 0.25) is 15.9 Å². The van der Waals surface area contributed by atoms with E-state index in [9.17, 15) is 17.6 Å². The van der Waals surface area contributed by atoms with Crippen molar-refractivity contribution in [2.24, 2.45) is 0 Å². The molecule has 2 N–H and O–H groups in total. The molecule has 1 aromatic carbocycles. The SMILES string of the molecule is CCCC(=O)Nc1ccc(F)c(NS(C)(=O)=O)c1. The number of hydrogen-bond donors (Lipinski definition) is 2. The van der Waals surface area contributed by atoms with Crippen LogP contribution in [0.15, 0.2) is 18.2 Å². The van der Waals surface area contributed by atoms with E-state index in [1.807, 2.05) is 11.6 Å². The fourth-order valence-electron chi connectivity index (χ4n) is 1.33. The van der Waals surface area contributed by atoms with Gasteiger partial charge >= 0.3 is 0 Å². The predicted octanol–water partition coefficient (Wildman–Crippen LogP) is 1.94. The van der Waals surface area contributed by atoms with E-state index in [-0.39, 0.29) is 11.6 Å². The van der Waals surface area contributed by atoms with Gasteiger partial charge in [-0.2, -0.15) is 0 Å². The summed E-state index contributed by atoms with van der Waals surface area (Å²) in [6.07, 6.45) is 1.97. The van der Waals surface area contributed by atoms with Crippen molar-refractivity contribution in [1.82, 2.24) is 0 Å². The molecule has 0 atom stereocenters. The van der Waals surface area contributed by atoms with E-state index in [0.29, 0.717) is 18.5 Å². The van der Waals surface area contributed by atoms with Crippen molar-refractivity contribution in [3.05, 3.63) is 24.0 Å². The van der Waals surface area contributed by atoms with Crippen LogP contribution in [0, 0.1) is 5.82 Å². The van der Waals surface area contributed by atoms with Gasteiger partial charge in [-0.3, -0.25) is 9.52 Å². The highest BCUT2D eigenvalue weighted by molar-refractivity contribution is 7.92. The molecule has 100 valence electrons. The lowest BCUT2D eigenvalue weighted by atomic mass is 10.2. The minimum Gasteiger partial charge on any atom is -0.326 e. The zero-order chi connectivity index (χ0) is 13.8. The summed E-state index contributed by atoms with van der Waals surface area (Å²) in [4.78, 5) is 11.4. The highest BCUT2D eigenvalue weighted by Crippen LogP contribution is 2.20. The number of benzene rings is 1. The molecule has 0 aliphatic carbocycles. The Morgan fingerprint density at radius 3 is 2.61 bits per heavy atom. The van der Waals surface area contributed by atoms with Crippen LogP contribution in [0.4, 0.5) is 15.8 Å². The van der Waals surface area contributed by atoms with E-state index >= 15 is 0 Å². The summed E-state index contributed by atoms with van der Waals surface area (Å²) >= 11 is 0. The number of sulfonamides is 1. The monoisotopic (exact) mass is 274 g/mol. The molecular formula is C11H15FN2O3S. The maximum Gasteiger partial charge on any atom is 0.229 e. The topological polar surface area (TPSA) is 75.3 Å². The van der Waals surface area contributed by atoms with Crippen LogP contribution in [0.1, 0.15) is 19.8 Å². The van der Waals surface area contributed by atoms with Crippen molar-refractivity contribution < 1.29 is 17.6 Å². The maximum atomic E-state index is 13.3. The normalized spacial score (nSPS) is 11.1. The number of anilines is 2. The Hall–Kier alpha value is -1.63. The molecule has 0 spiro atoms. The number of nitrogens with one attached hydrogen (secondary N) is 2. The van der Waals surface area contributed by atoms with Crippen LogP contribution >= 0.6 is 0 Å². The molecule has 1 rings (SSSR count). The molecule has 7 heteroatoms. The Balaban J connectivity index is 2.90. The van der Waals surface area contributed by atoms with E-state index in [1.54, 1.807) is 0 Å². The van der Waals surface area contributed by atoms with Crippen LogP contribution in [0.25, 0.3) is 0 Å². The van der Waals surface area contributed by atoms with Gasteiger partial charge < -0.3 is 5.32 Å². The Kier molecular flexibility index (Phi) is 4.66. The maximum absolute atomic E-state index is 13.3. The molecule has 1 amide bonds. The number of rotatable bonds is 5. The van der Waals surface area contributed by atoms with Gasteiger partial charge in [-0.25, -0.2) is 12.8 Å². The van der Waals surface area contributed by atoms with Crippen molar-refractivity contribution in [2.45, 2.75) is 19.8 Å². The lowest BCUT2D eigenvalue weighted by molar-refractivity contribution is -0.116. The number of carbonyl (C=O) groups is 1. The van der Waals surface area contributed by atoms with Gasteiger partial charge in [0.15, 0.2) is 0 Å². The molecule has 0 unspecified atom stereocenters. The van der Waals surface area contributed by atoms with Crippen LogP contribution < -0.4 is 10.0 Å². The van der Waals surface area contributed by atoms with Gasteiger partial charge in [0.1, 0.15) is 5.82 Å². The number of hydrogen-bond acceptors (Lipinski definition) is 3. The van der Waals surface area contributed by atoms with Crippen molar-refractivity contribution >= 4 is 27.3 Å². The number of halogens is 1. The first-order chi connectivity index (χ1) is 8.31. The van der Waals surface area contributed by atoms with Gasteiger partial charge in [-0.05, 0) is 24.6 Å². The lowest BCUT2D eigenvalue weighted by Gasteiger charge is -2.09. The van der Waals surface area contributed by atoms with E-state index < -0.39 is 15.8 Å². The zero-order valence-corrected chi connectivity index (χ0v) is 11.0. The smallest absolute Gasteiger partial charge is 0.229 e. The van der Waals surface area contributed by atoms with Crippen molar-refractivity contribution in [1.29, 1.82) is 0 Å². The summed E-state index contributed by atoms with van der Waals surface area (Å²) in [5.41, 5.74) is 0.160. The predicted molar refractivity (Wildman–Crippen MR) is 68.4 cm³/mol. The molecule has 0 radical (unpaired) electrons. The van der Waals surface area contributed by atoms with Crippen molar-refractivity contribution in [2.75, 3.05) is 16.3 Å². The second-order valence-corrected chi connectivity index (χ2v) is 5.62. The number of amides is 1. The first-order valence-electron chi connectivity index (χ1n) is 5.39. The van der Waals surface area contributed by atoms with E-state index in [4.69, 9.17) is 0 Å². The largest absolute Gasteiger partial charge is 0.326 e. The molecular weight excluding hydrogens is 259 g/mol. The molecule has 18 heavy (non-hydrogen) atoms. The average Bonchev–Trinajstić information content (AvgIpc) is 2.21. The Morgan fingerprint density at radius 2 is 2.06 bits per heavy atom. The third kappa shape index (κ3) is 4.70. The first kappa shape index (κ1) is 14.4. The molecule has 5 nitrogen and oxygen atoms in total. The summed E-state index contributed by atoms with van der Waals surface area (Å²) < 4.78 is 37.4. The Bertz CT molecular complexity index is 543. The highest BCUT2D eigenvalue weighted by Gasteiger charge is 2.09. The van der Waals surface area contributed by atoms with Crippen molar-refractivity contribution in [3.63, 3.8) is 0 Å². The van der Waals surface area contributed by atoms with Crippen molar-refractivity contribution in [3.8, 4) is 0 Å². The van der Waals surface area contributed by atoms with Crippen LogP contribution in [-0.2, 0) is 14.8 Å². The zero-order valence-electron chi connectivity index (χ0n) is 10.2. The van der Waals surface area contributed by atoms with E-state index in [1.165, 1.54) is 12.1 Å². The van der Waals surface area contributed by atoms with E-state index in [0.717, 1.165) is 12.3 Å². The van der Waals surface area contributed by atoms with E-state index in [2.05, 4.69) is 5.32 Å². The summed E-state index contributed by atoms with van der Waals surface area (Å²) in [6, 6.07) is 3.70. The molecule has 0 fully saturated rings. The molecule has 1 aromatic rings.